The molecule has 0 unspecified atom stereocenters. The molecule has 0 spiro atoms. The molecule has 0 bridgehead atoms. The van der Waals surface area contributed by atoms with Gasteiger partial charge in [0.25, 0.3) is 0 Å². The number of aromatic nitrogens is 1. The van der Waals surface area contributed by atoms with E-state index in [2.05, 4.69) is 10.3 Å². The quantitative estimate of drug-likeness (QED) is 0.848. The minimum Gasteiger partial charge on any atom is -0.486 e. The Morgan fingerprint density at radius 3 is 3.00 bits per heavy atom. The Balaban J connectivity index is 1.81. The summed E-state index contributed by atoms with van der Waals surface area (Å²) in [4.78, 5) is 15.2. The zero-order chi connectivity index (χ0) is 14.1. The molecule has 2 N–H and O–H groups in total. The third-order valence-electron chi connectivity index (χ3n) is 3.33. The van der Waals surface area contributed by atoms with Crippen LogP contribution in [0, 0.1) is 0 Å². The van der Waals surface area contributed by atoms with Gasteiger partial charge in [0.1, 0.15) is 12.1 Å². The van der Waals surface area contributed by atoms with Crippen LogP contribution < -0.4 is 10.1 Å². The zero-order valence-electron chi connectivity index (χ0n) is 10.5. The third-order valence-corrected chi connectivity index (χ3v) is 3.60. The smallest absolute Gasteiger partial charge is 0.320 e. The molecule has 0 aliphatic carbocycles. The van der Waals surface area contributed by atoms with Crippen molar-refractivity contribution in [1.29, 1.82) is 0 Å². The summed E-state index contributed by atoms with van der Waals surface area (Å²) in [5.74, 6) is -0.373. The van der Waals surface area contributed by atoms with Gasteiger partial charge in [0, 0.05) is 18.4 Å². The van der Waals surface area contributed by atoms with Gasteiger partial charge in [-0.15, -0.1) is 0 Å². The number of hydrogen-bond acceptors (Lipinski definition) is 4. The van der Waals surface area contributed by atoms with Gasteiger partial charge in [-0.05, 0) is 12.1 Å². The lowest BCUT2D eigenvalue weighted by Gasteiger charge is -2.14. The molecule has 1 aliphatic heterocycles. The highest BCUT2D eigenvalue weighted by Crippen LogP contribution is 2.29. The molecule has 1 aromatic heterocycles. The van der Waals surface area contributed by atoms with Crippen molar-refractivity contribution in [2.45, 2.75) is 18.6 Å². The molecule has 5 nitrogen and oxygen atoms in total. The third kappa shape index (κ3) is 2.55. The Labute approximate surface area is 120 Å². The first-order valence-electron chi connectivity index (χ1n) is 6.31. The SMILES string of the molecule is O=C(O)[C@@H]1C[C@@H](Oc2cc3ccccc3nc2Cl)CN1. The van der Waals surface area contributed by atoms with E-state index < -0.39 is 12.0 Å². The molecule has 104 valence electrons. The van der Waals surface area contributed by atoms with Gasteiger partial charge in [-0.1, -0.05) is 29.8 Å². The molecule has 2 heterocycles. The van der Waals surface area contributed by atoms with Gasteiger partial charge in [0.05, 0.1) is 5.52 Å². The summed E-state index contributed by atoms with van der Waals surface area (Å²) in [6.07, 6.45) is 0.204. The predicted octanol–water partition coefficient (Wildman–Crippen LogP) is 2.08. The molecule has 1 fully saturated rings. The monoisotopic (exact) mass is 292 g/mol. The lowest BCUT2D eigenvalue weighted by molar-refractivity contribution is -0.139. The first kappa shape index (κ1) is 13.1. The van der Waals surface area contributed by atoms with Gasteiger partial charge in [-0.25, -0.2) is 4.98 Å². The molecule has 0 amide bonds. The fourth-order valence-corrected chi connectivity index (χ4v) is 2.51. The Kier molecular flexibility index (Phi) is 3.46. The first-order chi connectivity index (χ1) is 9.63. The van der Waals surface area contributed by atoms with Crippen molar-refractivity contribution in [1.82, 2.24) is 10.3 Å². The van der Waals surface area contributed by atoms with Gasteiger partial charge in [-0.2, -0.15) is 0 Å². The normalized spacial score (nSPS) is 22.1. The van der Waals surface area contributed by atoms with Crippen LogP contribution in [0.15, 0.2) is 30.3 Å². The van der Waals surface area contributed by atoms with E-state index in [-0.39, 0.29) is 6.10 Å². The van der Waals surface area contributed by atoms with Gasteiger partial charge < -0.3 is 15.2 Å². The average Bonchev–Trinajstić information content (AvgIpc) is 2.88. The Morgan fingerprint density at radius 1 is 1.45 bits per heavy atom. The molecule has 0 saturated carbocycles. The highest BCUT2D eigenvalue weighted by atomic mass is 35.5. The van der Waals surface area contributed by atoms with Crippen LogP contribution in [0.25, 0.3) is 10.9 Å². The van der Waals surface area contributed by atoms with Crippen molar-refractivity contribution in [2.24, 2.45) is 0 Å². The van der Waals surface area contributed by atoms with Crippen molar-refractivity contribution in [2.75, 3.05) is 6.54 Å². The van der Waals surface area contributed by atoms with Crippen LogP contribution >= 0.6 is 11.6 Å². The predicted molar refractivity (Wildman–Crippen MR) is 75.2 cm³/mol. The van der Waals surface area contributed by atoms with Crippen molar-refractivity contribution in [3.8, 4) is 5.75 Å². The van der Waals surface area contributed by atoms with Gasteiger partial charge in [0.2, 0.25) is 0 Å². The van der Waals surface area contributed by atoms with E-state index in [1.165, 1.54) is 0 Å². The van der Waals surface area contributed by atoms with Crippen molar-refractivity contribution >= 4 is 28.5 Å². The van der Waals surface area contributed by atoms with E-state index in [9.17, 15) is 4.79 Å². The molecule has 6 heteroatoms. The fourth-order valence-electron chi connectivity index (χ4n) is 2.32. The van der Waals surface area contributed by atoms with E-state index in [1.54, 1.807) is 0 Å². The summed E-state index contributed by atoms with van der Waals surface area (Å²) in [6.45, 7) is 0.486. The second-order valence-corrected chi connectivity index (χ2v) is 5.10. The maximum Gasteiger partial charge on any atom is 0.320 e. The summed E-state index contributed by atoms with van der Waals surface area (Å²) < 4.78 is 5.77. The average molecular weight is 293 g/mol. The van der Waals surface area contributed by atoms with Crippen LogP contribution in [0.1, 0.15) is 6.42 Å². The second kappa shape index (κ2) is 5.26. The van der Waals surface area contributed by atoms with Crippen LogP contribution in [0.4, 0.5) is 0 Å². The maximum atomic E-state index is 10.9. The van der Waals surface area contributed by atoms with Crippen molar-refractivity contribution in [3.63, 3.8) is 0 Å². The molecular weight excluding hydrogens is 280 g/mol. The van der Waals surface area contributed by atoms with Crippen LogP contribution in [-0.2, 0) is 4.79 Å². The maximum absolute atomic E-state index is 10.9. The number of hydrogen-bond donors (Lipinski definition) is 2. The molecule has 1 saturated heterocycles. The minimum absolute atomic E-state index is 0.212. The number of carbonyl (C=O) groups is 1. The van der Waals surface area contributed by atoms with Crippen LogP contribution in [0.5, 0.6) is 5.75 Å². The van der Waals surface area contributed by atoms with Crippen LogP contribution in [0.3, 0.4) is 0 Å². The van der Waals surface area contributed by atoms with Gasteiger partial charge in [-0.3, -0.25) is 4.79 Å². The summed E-state index contributed by atoms with van der Waals surface area (Å²) in [6, 6.07) is 8.89. The highest BCUT2D eigenvalue weighted by Gasteiger charge is 2.30. The number of ether oxygens (including phenoxy) is 1. The lowest BCUT2D eigenvalue weighted by atomic mass is 10.2. The van der Waals surface area contributed by atoms with E-state index in [4.69, 9.17) is 21.4 Å². The molecule has 0 radical (unpaired) electrons. The van der Waals surface area contributed by atoms with Crippen molar-refractivity contribution in [3.05, 3.63) is 35.5 Å². The lowest BCUT2D eigenvalue weighted by Crippen LogP contribution is -2.30. The number of rotatable bonds is 3. The highest BCUT2D eigenvalue weighted by molar-refractivity contribution is 6.31. The van der Waals surface area contributed by atoms with Crippen LogP contribution in [0.2, 0.25) is 5.15 Å². The number of halogens is 1. The number of nitrogens with zero attached hydrogens (tertiary/aromatic N) is 1. The number of benzene rings is 1. The summed E-state index contributed by atoms with van der Waals surface area (Å²) in [7, 11) is 0. The zero-order valence-corrected chi connectivity index (χ0v) is 11.3. The van der Waals surface area contributed by atoms with E-state index in [0.717, 1.165) is 10.9 Å². The molecule has 1 aromatic carbocycles. The van der Waals surface area contributed by atoms with E-state index in [1.807, 2.05) is 30.3 Å². The molecule has 2 atom stereocenters. The van der Waals surface area contributed by atoms with E-state index >= 15 is 0 Å². The second-order valence-electron chi connectivity index (χ2n) is 4.74. The van der Waals surface area contributed by atoms with E-state index in [0.29, 0.717) is 23.9 Å². The summed E-state index contributed by atoms with van der Waals surface area (Å²) in [5, 5.41) is 13.1. The summed E-state index contributed by atoms with van der Waals surface area (Å²) >= 11 is 6.11. The standard InChI is InChI=1S/C14H13ClN2O3/c15-13-12(5-8-3-1-2-4-10(8)17-13)20-9-6-11(14(18)19)16-7-9/h1-5,9,11,16H,6-7H2,(H,18,19)/t9-,11+/m1/s1. The number of para-hydroxylation sites is 1. The topological polar surface area (TPSA) is 71.5 Å². The summed E-state index contributed by atoms with van der Waals surface area (Å²) in [5.41, 5.74) is 0.804. The van der Waals surface area contributed by atoms with Crippen LogP contribution in [-0.4, -0.2) is 34.8 Å². The van der Waals surface area contributed by atoms with Crippen molar-refractivity contribution < 1.29 is 14.6 Å². The number of carboxylic acids is 1. The first-order valence-corrected chi connectivity index (χ1v) is 6.69. The number of pyridine rings is 1. The van der Waals surface area contributed by atoms with Gasteiger partial charge >= 0.3 is 5.97 Å². The molecular formula is C14H13ClN2O3. The largest absolute Gasteiger partial charge is 0.486 e. The number of aliphatic carboxylic acids is 1. The molecule has 2 aromatic rings. The number of fused-ring (bicyclic) bond motifs is 1. The molecule has 1 aliphatic rings. The fraction of sp³-hybridized carbons (Fsp3) is 0.286. The number of carboxylic acid groups (broad SMARTS) is 1. The number of nitrogens with one attached hydrogen (secondary N) is 1. The Bertz CT molecular complexity index is 662. The minimum atomic E-state index is -0.862. The van der Waals surface area contributed by atoms with Gasteiger partial charge in [0.15, 0.2) is 10.9 Å². The molecule has 3 rings (SSSR count). The Morgan fingerprint density at radius 2 is 2.25 bits per heavy atom. The Hall–Kier alpha value is -1.85. The molecule has 20 heavy (non-hydrogen) atoms.